The smallest absolute Gasteiger partial charge is 0.149 e. The zero-order valence-corrected chi connectivity index (χ0v) is 10.4. The van der Waals surface area contributed by atoms with Crippen molar-refractivity contribution in [3.05, 3.63) is 12.1 Å². The predicted molar refractivity (Wildman–Crippen MR) is 70.4 cm³/mol. The Labute approximate surface area is 97.6 Å². The van der Waals surface area contributed by atoms with Crippen LogP contribution in [0.5, 0.6) is 0 Å². The van der Waals surface area contributed by atoms with Gasteiger partial charge in [-0.25, -0.2) is 4.98 Å². The Kier molecular flexibility index (Phi) is 4.40. The molecular formula is C12H22N4. The number of hydrogen-bond donors (Lipinski definition) is 2. The summed E-state index contributed by atoms with van der Waals surface area (Å²) in [6.45, 7) is 8.49. The fourth-order valence-corrected chi connectivity index (χ4v) is 1.54. The molecule has 1 rings (SSSR count). The van der Waals surface area contributed by atoms with E-state index in [0.29, 0.717) is 17.4 Å². The van der Waals surface area contributed by atoms with Crippen molar-refractivity contribution in [3.8, 4) is 0 Å². The first kappa shape index (κ1) is 12.6. The Morgan fingerprint density at radius 1 is 1.31 bits per heavy atom. The zero-order chi connectivity index (χ0) is 12.1. The van der Waals surface area contributed by atoms with Gasteiger partial charge in [-0.1, -0.05) is 20.3 Å². The quantitative estimate of drug-likeness (QED) is 0.800. The lowest BCUT2D eigenvalue weighted by atomic mass is 10.1. The van der Waals surface area contributed by atoms with Crippen molar-refractivity contribution >= 4 is 17.3 Å². The summed E-state index contributed by atoms with van der Waals surface area (Å²) in [7, 11) is 0. The molecule has 0 bridgehead atoms. The molecule has 4 N–H and O–H groups in total. The Balaban J connectivity index is 2.82. The maximum absolute atomic E-state index is 5.71. The van der Waals surface area contributed by atoms with Gasteiger partial charge in [-0.3, -0.25) is 0 Å². The number of nitrogen functional groups attached to an aromatic ring is 2. The van der Waals surface area contributed by atoms with E-state index in [1.165, 1.54) is 6.42 Å². The van der Waals surface area contributed by atoms with E-state index in [1.54, 1.807) is 0 Å². The average Bonchev–Trinajstić information content (AvgIpc) is 2.29. The third-order valence-electron chi connectivity index (χ3n) is 2.88. The molecule has 0 saturated heterocycles. The summed E-state index contributed by atoms with van der Waals surface area (Å²) in [4.78, 5) is 6.54. The van der Waals surface area contributed by atoms with Gasteiger partial charge in [0, 0.05) is 13.1 Å². The van der Waals surface area contributed by atoms with Crippen molar-refractivity contribution in [1.82, 2.24) is 4.98 Å². The Bertz CT molecular complexity index is 338. The first-order valence-corrected chi connectivity index (χ1v) is 5.85. The van der Waals surface area contributed by atoms with Crippen LogP contribution in [0, 0.1) is 5.92 Å². The van der Waals surface area contributed by atoms with Crippen LogP contribution in [-0.4, -0.2) is 18.1 Å². The Morgan fingerprint density at radius 3 is 2.50 bits per heavy atom. The summed E-state index contributed by atoms with van der Waals surface area (Å²) >= 11 is 0. The monoisotopic (exact) mass is 222 g/mol. The first-order chi connectivity index (χ1) is 7.58. The molecule has 0 aliphatic rings. The van der Waals surface area contributed by atoms with E-state index >= 15 is 0 Å². The van der Waals surface area contributed by atoms with Crippen LogP contribution in [0.25, 0.3) is 0 Å². The number of hydrogen-bond acceptors (Lipinski definition) is 4. The van der Waals surface area contributed by atoms with E-state index in [2.05, 4.69) is 30.7 Å². The molecule has 0 spiro atoms. The second kappa shape index (κ2) is 5.58. The molecule has 90 valence electrons. The van der Waals surface area contributed by atoms with Gasteiger partial charge in [0.1, 0.15) is 11.6 Å². The minimum atomic E-state index is 0.417. The third-order valence-corrected chi connectivity index (χ3v) is 2.88. The first-order valence-electron chi connectivity index (χ1n) is 5.85. The van der Waals surface area contributed by atoms with Gasteiger partial charge >= 0.3 is 0 Å². The summed E-state index contributed by atoms with van der Waals surface area (Å²) < 4.78 is 0. The lowest BCUT2D eigenvalue weighted by Crippen LogP contribution is -2.29. The number of rotatable bonds is 5. The molecule has 4 nitrogen and oxygen atoms in total. The molecule has 0 amide bonds. The van der Waals surface area contributed by atoms with Crippen molar-refractivity contribution in [3.63, 3.8) is 0 Å². The lowest BCUT2D eigenvalue weighted by Gasteiger charge is -2.25. The van der Waals surface area contributed by atoms with Crippen molar-refractivity contribution in [2.75, 3.05) is 29.5 Å². The third kappa shape index (κ3) is 3.02. The number of pyridine rings is 1. The molecule has 0 aliphatic carbocycles. The van der Waals surface area contributed by atoms with Crippen LogP contribution in [0.2, 0.25) is 0 Å². The maximum atomic E-state index is 5.71. The van der Waals surface area contributed by atoms with E-state index in [4.69, 9.17) is 11.5 Å². The number of nitrogens with zero attached hydrogens (tertiary/aromatic N) is 2. The van der Waals surface area contributed by atoms with Gasteiger partial charge < -0.3 is 16.4 Å². The highest BCUT2D eigenvalue weighted by atomic mass is 15.2. The van der Waals surface area contributed by atoms with E-state index in [1.807, 2.05) is 12.1 Å². The van der Waals surface area contributed by atoms with Gasteiger partial charge in [0.2, 0.25) is 0 Å². The summed E-state index contributed by atoms with van der Waals surface area (Å²) in [6, 6.07) is 3.74. The summed E-state index contributed by atoms with van der Waals surface area (Å²) in [5.74, 6) is 1.98. The standard InChI is InChI=1S/C12H22N4/c1-4-9(3)8-16(5-2)11-7-6-10(13)12(14)15-11/h6-7,9H,4-5,8,13H2,1-3H3,(H2,14,15). The zero-order valence-electron chi connectivity index (χ0n) is 10.4. The highest BCUT2D eigenvalue weighted by Gasteiger charge is 2.10. The molecule has 4 heteroatoms. The SMILES string of the molecule is CCC(C)CN(CC)c1ccc(N)c(N)n1. The van der Waals surface area contributed by atoms with Crippen LogP contribution in [0.15, 0.2) is 12.1 Å². The van der Waals surface area contributed by atoms with Crippen molar-refractivity contribution in [2.45, 2.75) is 27.2 Å². The number of nitrogens with two attached hydrogens (primary N) is 2. The van der Waals surface area contributed by atoms with Crippen molar-refractivity contribution < 1.29 is 0 Å². The van der Waals surface area contributed by atoms with Gasteiger partial charge in [0.15, 0.2) is 0 Å². The minimum Gasteiger partial charge on any atom is -0.396 e. The van der Waals surface area contributed by atoms with Gasteiger partial charge in [-0.2, -0.15) is 0 Å². The molecule has 1 unspecified atom stereocenters. The van der Waals surface area contributed by atoms with Crippen molar-refractivity contribution in [2.24, 2.45) is 5.92 Å². The van der Waals surface area contributed by atoms with E-state index in [-0.39, 0.29) is 0 Å². The topological polar surface area (TPSA) is 68.2 Å². The molecule has 1 aromatic rings. The summed E-state index contributed by atoms with van der Waals surface area (Å²) in [6.07, 6.45) is 1.17. The molecule has 1 aromatic heterocycles. The van der Waals surface area contributed by atoms with Crippen LogP contribution >= 0.6 is 0 Å². The fourth-order valence-electron chi connectivity index (χ4n) is 1.54. The van der Waals surface area contributed by atoms with Gasteiger partial charge in [0.05, 0.1) is 5.69 Å². The molecule has 1 atom stereocenters. The molecule has 0 saturated carbocycles. The van der Waals surface area contributed by atoms with Crippen LogP contribution < -0.4 is 16.4 Å². The lowest BCUT2D eigenvalue weighted by molar-refractivity contribution is 0.545. The highest BCUT2D eigenvalue weighted by molar-refractivity contribution is 5.62. The molecule has 16 heavy (non-hydrogen) atoms. The molecule has 1 heterocycles. The van der Waals surface area contributed by atoms with Gasteiger partial charge in [0.25, 0.3) is 0 Å². The maximum Gasteiger partial charge on any atom is 0.149 e. The normalized spacial score (nSPS) is 12.4. The fraction of sp³-hybridized carbons (Fsp3) is 0.583. The predicted octanol–water partition coefficient (Wildman–Crippen LogP) is 2.12. The van der Waals surface area contributed by atoms with E-state index in [9.17, 15) is 0 Å². The average molecular weight is 222 g/mol. The van der Waals surface area contributed by atoms with Crippen molar-refractivity contribution in [1.29, 1.82) is 0 Å². The molecule has 0 aliphatic heterocycles. The van der Waals surface area contributed by atoms with Gasteiger partial charge in [-0.05, 0) is 25.0 Å². The molecular weight excluding hydrogens is 200 g/mol. The largest absolute Gasteiger partial charge is 0.396 e. The molecule has 0 aromatic carbocycles. The Morgan fingerprint density at radius 2 is 2.00 bits per heavy atom. The van der Waals surface area contributed by atoms with Crippen LogP contribution in [-0.2, 0) is 0 Å². The second-order valence-corrected chi connectivity index (χ2v) is 4.20. The second-order valence-electron chi connectivity index (χ2n) is 4.20. The van der Waals surface area contributed by atoms with E-state index in [0.717, 1.165) is 18.9 Å². The van der Waals surface area contributed by atoms with Crippen LogP contribution in [0.4, 0.5) is 17.3 Å². The molecule has 0 radical (unpaired) electrons. The van der Waals surface area contributed by atoms with Gasteiger partial charge in [-0.15, -0.1) is 0 Å². The molecule has 0 fully saturated rings. The van der Waals surface area contributed by atoms with Crippen LogP contribution in [0.3, 0.4) is 0 Å². The summed E-state index contributed by atoms with van der Waals surface area (Å²) in [5.41, 5.74) is 11.9. The van der Waals surface area contributed by atoms with E-state index < -0.39 is 0 Å². The van der Waals surface area contributed by atoms with Crippen LogP contribution in [0.1, 0.15) is 27.2 Å². The minimum absolute atomic E-state index is 0.417. The summed E-state index contributed by atoms with van der Waals surface area (Å²) in [5, 5.41) is 0. The number of anilines is 3. The highest BCUT2D eigenvalue weighted by Crippen LogP contribution is 2.19. The Hall–Kier alpha value is -1.45. The number of aromatic nitrogens is 1.